The summed E-state index contributed by atoms with van der Waals surface area (Å²) in [5.41, 5.74) is 1.08. The van der Waals surface area contributed by atoms with E-state index in [-0.39, 0.29) is 17.9 Å². The van der Waals surface area contributed by atoms with Gasteiger partial charge in [-0.1, -0.05) is 30.7 Å². The number of nitrogens with zero attached hydrogens (tertiary/aromatic N) is 2. The Balaban J connectivity index is 1.61. The number of carbonyl (C=O) groups excluding carboxylic acids is 1. The molecule has 3 atom stereocenters. The van der Waals surface area contributed by atoms with Crippen LogP contribution in [0.1, 0.15) is 25.3 Å². The lowest BCUT2D eigenvalue weighted by Crippen LogP contribution is -2.49. The van der Waals surface area contributed by atoms with E-state index >= 15 is 0 Å². The lowest BCUT2D eigenvalue weighted by molar-refractivity contribution is -0.133. The number of carbonyl (C=O) groups is 1. The highest BCUT2D eigenvalue weighted by molar-refractivity contribution is 6.30. The van der Waals surface area contributed by atoms with Crippen molar-refractivity contribution in [2.24, 2.45) is 5.92 Å². The standard InChI is InChI=1S/C17H22ClFN2O/c1-12-6-8-20(11-15(12)19)16-7-9-21(17(16)22)10-13-2-4-14(18)5-3-13/h2-5,12,15-16H,6-11H2,1H3. The van der Waals surface area contributed by atoms with Crippen molar-refractivity contribution in [1.82, 2.24) is 9.80 Å². The summed E-state index contributed by atoms with van der Waals surface area (Å²) in [6.45, 7) is 4.52. The molecule has 3 nitrogen and oxygen atoms in total. The third kappa shape index (κ3) is 3.28. The molecule has 0 radical (unpaired) electrons. The summed E-state index contributed by atoms with van der Waals surface area (Å²) in [5.74, 6) is 0.245. The molecule has 2 aliphatic heterocycles. The lowest BCUT2D eigenvalue weighted by Gasteiger charge is -2.36. The summed E-state index contributed by atoms with van der Waals surface area (Å²) in [6.07, 6.45) is 0.821. The number of rotatable bonds is 3. The number of piperidine rings is 1. The van der Waals surface area contributed by atoms with Crippen LogP contribution in [0.2, 0.25) is 5.02 Å². The Morgan fingerprint density at radius 2 is 1.95 bits per heavy atom. The Morgan fingerprint density at radius 1 is 1.23 bits per heavy atom. The van der Waals surface area contributed by atoms with E-state index in [9.17, 15) is 9.18 Å². The Hall–Kier alpha value is -1.13. The molecule has 0 spiro atoms. The minimum absolute atomic E-state index is 0.109. The zero-order valence-electron chi connectivity index (χ0n) is 12.8. The van der Waals surface area contributed by atoms with Crippen molar-refractivity contribution >= 4 is 17.5 Å². The van der Waals surface area contributed by atoms with E-state index in [2.05, 4.69) is 0 Å². The van der Waals surface area contributed by atoms with Crippen LogP contribution >= 0.6 is 11.6 Å². The maximum atomic E-state index is 13.9. The highest BCUT2D eigenvalue weighted by Crippen LogP contribution is 2.26. The first-order valence-electron chi connectivity index (χ1n) is 7.96. The van der Waals surface area contributed by atoms with Crippen LogP contribution in [-0.2, 0) is 11.3 Å². The van der Waals surface area contributed by atoms with Crippen molar-refractivity contribution in [3.63, 3.8) is 0 Å². The fourth-order valence-corrected chi connectivity index (χ4v) is 3.48. The second-order valence-corrected chi connectivity index (χ2v) is 6.90. The number of amides is 1. The van der Waals surface area contributed by atoms with Gasteiger partial charge in [0.1, 0.15) is 6.17 Å². The number of halogens is 2. The van der Waals surface area contributed by atoms with Crippen molar-refractivity contribution in [1.29, 1.82) is 0 Å². The molecule has 0 N–H and O–H groups in total. The maximum absolute atomic E-state index is 13.9. The topological polar surface area (TPSA) is 23.6 Å². The fraction of sp³-hybridized carbons (Fsp3) is 0.588. The van der Waals surface area contributed by atoms with Crippen LogP contribution in [-0.4, -0.2) is 47.6 Å². The third-order valence-electron chi connectivity index (χ3n) is 4.89. The molecule has 3 rings (SSSR count). The summed E-state index contributed by atoms with van der Waals surface area (Å²) in [7, 11) is 0. The normalized spacial score (nSPS) is 30.0. The van der Waals surface area contributed by atoms with E-state index in [4.69, 9.17) is 11.6 Å². The van der Waals surface area contributed by atoms with E-state index < -0.39 is 6.17 Å². The second-order valence-electron chi connectivity index (χ2n) is 6.47. The van der Waals surface area contributed by atoms with Gasteiger partial charge in [-0.15, -0.1) is 0 Å². The average molecular weight is 325 g/mol. The number of hydrogen-bond acceptors (Lipinski definition) is 2. The molecule has 3 unspecified atom stereocenters. The summed E-state index contributed by atoms with van der Waals surface area (Å²) in [4.78, 5) is 16.5. The number of alkyl halides is 1. The van der Waals surface area contributed by atoms with Gasteiger partial charge in [0.2, 0.25) is 5.91 Å². The molecule has 2 fully saturated rings. The first-order valence-corrected chi connectivity index (χ1v) is 8.34. The van der Waals surface area contributed by atoms with Crippen molar-refractivity contribution in [3.05, 3.63) is 34.9 Å². The fourth-order valence-electron chi connectivity index (χ4n) is 3.36. The molecule has 1 aromatic rings. The molecule has 0 saturated carbocycles. The van der Waals surface area contributed by atoms with E-state index in [1.165, 1.54) is 0 Å². The van der Waals surface area contributed by atoms with Gasteiger partial charge in [-0.2, -0.15) is 0 Å². The molecule has 0 aromatic heterocycles. The molecule has 0 bridgehead atoms. The van der Waals surface area contributed by atoms with Gasteiger partial charge in [0, 0.05) is 24.7 Å². The van der Waals surface area contributed by atoms with Gasteiger partial charge in [-0.05, 0) is 43.0 Å². The maximum Gasteiger partial charge on any atom is 0.240 e. The van der Waals surface area contributed by atoms with E-state index in [1.54, 1.807) is 0 Å². The van der Waals surface area contributed by atoms with Crippen LogP contribution in [0.25, 0.3) is 0 Å². The van der Waals surface area contributed by atoms with Gasteiger partial charge in [0.15, 0.2) is 0 Å². The Labute approximate surface area is 136 Å². The molecule has 0 aliphatic carbocycles. The Kier molecular flexibility index (Phi) is 4.69. The molecule has 1 amide bonds. The minimum Gasteiger partial charge on any atom is -0.337 e. The number of likely N-dealkylation sites (tertiary alicyclic amines) is 2. The van der Waals surface area contributed by atoms with E-state index in [1.807, 2.05) is 41.0 Å². The van der Waals surface area contributed by atoms with E-state index in [0.717, 1.165) is 31.5 Å². The van der Waals surface area contributed by atoms with Gasteiger partial charge in [0.25, 0.3) is 0 Å². The predicted molar refractivity (Wildman–Crippen MR) is 85.5 cm³/mol. The predicted octanol–water partition coefficient (Wildman–Crippen LogP) is 3.12. The molecule has 22 heavy (non-hydrogen) atoms. The minimum atomic E-state index is -0.813. The summed E-state index contributed by atoms with van der Waals surface area (Å²) < 4.78 is 13.9. The SMILES string of the molecule is CC1CCN(C2CCN(Cc3ccc(Cl)cc3)C2=O)CC1F. The summed E-state index contributed by atoms with van der Waals surface area (Å²) >= 11 is 5.88. The largest absolute Gasteiger partial charge is 0.337 e. The van der Waals surface area contributed by atoms with Crippen LogP contribution in [0.15, 0.2) is 24.3 Å². The first-order chi connectivity index (χ1) is 10.5. The molecular weight excluding hydrogens is 303 g/mol. The van der Waals surface area contributed by atoms with Gasteiger partial charge in [-0.3, -0.25) is 9.69 Å². The van der Waals surface area contributed by atoms with Crippen molar-refractivity contribution in [2.45, 2.75) is 38.5 Å². The highest BCUT2D eigenvalue weighted by atomic mass is 35.5. The zero-order valence-corrected chi connectivity index (χ0v) is 13.6. The Bertz CT molecular complexity index is 536. The average Bonchev–Trinajstić information content (AvgIpc) is 2.86. The molecule has 5 heteroatoms. The zero-order chi connectivity index (χ0) is 15.7. The van der Waals surface area contributed by atoms with Crippen LogP contribution in [0, 0.1) is 5.92 Å². The molecule has 2 aliphatic rings. The monoisotopic (exact) mass is 324 g/mol. The molecule has 120 valence electrons. The van der Waals surface area contributed by atoms with Crippen LogP contribution in [0.5, 0.6) is 0 Å². The Morgan fingerprint density at radius 3 is 2.64 bits per heavy atom. The molecular formula is C17H22ClFN2O. The third-order valence-corrected chi connectivity index (χ3v) is 5.15. The smallest absolute Gasteiger partial charge is 0.240 e. The number of hydrogen-bond donors (Lipinski definition) is 0. The van der Waals surface area contributed by atoms with Crippen molar-refractivity contribution in [2.75, 3.05) is 19.6 Å². The van der Waals surface area contributed by atoms with Gasteiger partial charge >= 0.3 is 0 Å². The quantitative estimate of drug-likeness (QED) is 0.853. The molecule has 2 heterocycles. The summed E-state index contributed by atoms with van der Waals surface area (Å²) in [6, 6.07) is 7.44. The first kappa shape index (κ1) is 15.8. The van der Waals surface area contributed by atoms with Gasteiger partial charge in [-0.25, -0.2) is 4.39 Å². The van der Waals surface area contributed by atoms with Crippen LogP contribution in [0.3, 0.4) is 0 Å². The lowest BCUT2D eigenvalue weighted by atomic mass is 9.96. The number of benzene rings is 1. The van der Waals surface area contributed by atoms with Gasteiger partial charge in [0.05, 0.1) is 6.04 Å². The van der Waals surface area contributed by atoms with Crippen LogP contribution in [0.4, 0.5) is 4.39 Å². The van der Waals surface area contributed by atoms with E-state index in [0.29, 0.717) is 18.1 Å². The van der Waals surface area contributed by atoms with Crippen molar-refractivity contribution < 1.29 is 9.18 Å². The molecule has 2 saturated heterocycles. The second kappa shape index (κ2) is 6.55. The highest BCUT2D eigenvalue weighted by Gasteiger charge is 2.39. The van der Waals surface area contributed by atoms with Gasteiger partial charge < -0.3 is 4.90 Å². The molecule has 1 aromatic carbocycles. The summed E-state index contributed by atoms with van der Waals surface area (Å²) in [5, 5.41) is 0.700. The van der Waals surface area contributed by atoms with Crippen molar-refractivity contribution in [3.8, 4) is 0 Å². The van der Waals surface area contributed by atoms with Crippen LogP contribution < -0.4 is 0 Å².